The molecule has 2 fully saturated rings. The molecule has 0 bridgehead atoms. The van der Waals surface area contributed by atoms with E-state index in [1.165, 1.54) is 36.2 Å². The Morgan fingerprint density at radius 1 is 1.22 bits per heavy atom. The quantitative estimate of drug-likeness (QED) is 0.845. The predicted molar refractivity (Wildman–Crippen MR) is 110 cm³/mol. The van der Waals surface area contributed by atoms with Crippen LogP contribution in [0.2, 0.25) is 0 Å². The summed E-state index contributed by atoms with van der Waals surface area (Å²) in [5, 5.41) is 4.03. The van der Waals surface area contributed by atoms with Gasteiger partial charge in [-0.15, -0.1) is 0 Å². The molecule has 144 valence electrons. The Bertz CT molecular complexity index is 775. The van der Waals surface area contributed by atoms with E-state index < -0.39 is 0 Å². The molecule has 27 heavy (non-hydrogen) atoms. The molecule has 1 amide bonds. The first kappa shape index (κ1) is 18.4. The van der Waals surface area contributed by atoms with Crippen molar-refractivity contribution in [3.63, 3.8) is 0 Å². The number of piperidine rings is 1. The zero-order chi connectivity index (χ0) is 18.6. The second kappa shape index (κ2) is 8.40. The Morgan fingerprint density at radius 2 is 2.00 bits per heavy atom. The number of nitrogens with one attached hydrogen (secondary N) is 1. The Morgan fingerprint density at radius 3 is 2.70 bits per heavy atom. The Hall–Kier alpha value is -1.92. The van der Waals surface area contributed by atoms with Gasteiger partial charge in [0.05, 0.1) is 11.8 Å². The highest BCUT2D eigenvalue weighted by Gasteiger charge is 2.24. The molecule has 4 rings (SSSR count). The fourth-order valence-corrected chi connectivity index (χ4v) is 4.74. The molecular weight excluding hydrogens is 358 g/mol. The number of rotatable bonds is 5. The van der Waals surface area contributed by atoms with Crippen LogP contribution in [0.5, 0.6) is 0 Å². The molecule has 3 heterocycles. The Balaban J connectivity index is 1.59. The average Bonchev–Trinajstić information content (AvgIpc) is 3.37. The maximum atomic E-state index is 12.9. The number of benzene rings is 1. The van der Waals surface area contributed by atoms with E-state index in [4.69, 9.17) is 9.72 Å². The number of carbonyl (C=O) groups is 1. The molecule has 0 spiro atoms. The van der Waals surface area contributed by atoms with E-state index in [-0.39, 0.29) is 12.0 Å². The lowest BCUT2D eigenvalue weighted by atomic mass is 10.1. The van der Waals surface area contributed by atoms with Crippen molar-refractivity contribution in [2.45, 2.75) is 45.1 Å². The van der Waals surface area contributed by atoms with E-state index in [0.717, 1.165) is 48.9 Å². The van der Waals surface area contributed by atoms with Gasteiger partial charge in [-0.05, 0) is 39.0 Å². The average molecular weight is 386 g/mol. The normalized spacial score (nSPS) is 20.0. The molecule has 5 nitrogen and oxygen atoms in total. The number of thiazole rings is 1. The van der Waals surface area contributed by atoms with Crippen molar-refractivity contribution in [3.8, 4) is 11.3 Å². The topological polar surface area (TPSA) is 54.5 Å². The summed E-state index contributed by atoms with van der Waals surface area (Å²) >= 11 is 1.52. The second-order valence-electron chi connectivity index (χ2n) is 7.43. The van der Waals surface area contributed by atoms with Crippen molar-refractivity contribution < 1.29 is 9.53 Å². The molecule has 2 aromatic rings. The second-order valence-corrected chi connectivity index (χ2v) is 8.41. The fourth-order valence-electron chi connectivity index (χ4n) is 3.68. The Kier molecular flexibility index (Phi) is 5.74. The van der Waals surface area contributed by atoms with Crippen molar-refractivity contribution in [3.05, 3.63) is 34.7 Å². The monoisotopic (exact) mass is 385 g/mol. The van der Waals surface area contributed by atoms with Crippen LogP contribution in [0.1, 0.15) is 47.3 Å². The lowest BCUT2D eigenvalue weighted by Crippen LogP contribution is -2.31. The first-order chi connectivity index (χ1) is 13.2. The summed E-state index contributed by atoms with van der Waals surface area (Å²) in [5.74, 6) is -0.0400. The van der Waals surface area contributed by atoms with E-state index in [9.17, 15) is 4.79 Å². The number of amides is 1. The van der Waals surface area contributed by atoms with Gasteiger partial charge in [0.1, 0.15) is 4.88 Å². The van der Waals surface area contributed by atoms with Gasteiger partial charge in [0.15, 0.2) is 5.13 Å². The smallest absolute Gasteiger partial charge is 0.263 e. The highest BCUT2D eigenvalue weighted by Crippen LogP contribution is 2.34. The van der Waals surface area contributed by atoms with Gasteiger partial charge in [0.25, 0.3) is 5.91 Å². The lowest BCUT2D eigenvalue weighted by molar-refractivity contribution is 0.0861. The molecule has 2 saturated heterocycles. The maximum Gasteiger partial charge on any atom is 0.263 e. The van der Waals surface area contributed by atoms with Gasteiger partial charge < -0.3 is 15.0 Å². The van der Waals surface area contributed by atoms with Crippen LogP contribution in [0, 0.1) is 6.92 Å². The summed E-state index contributed by atoms with van der Waals surface area (Å²) in [4.78, 5) is 20.9. The van der Waals surface area contributed by atoms with E-state index in [1.807, 2.05) is 0 Å². The fraction of sp³-hybridized carbons (Fsp3) is 0.524. The molecule has 1 N–H and O–H groups in total. The number of aromatic nitrogens is 1. The summed E-state index contributed by atoms with van der Waals surface area (Å²) in [5.41, 5.74) is 3.00. The minimum Gasteiger partial charge on any atom is -0.376 e. The van der Waals surface area contributed by atoms with Gasteiger partial charge in [-0.3, -0.25) is 4.79 Å². The maximum absolute atomic E-state index is 12.9. The molecule has 1 aromatic carbocycles. The number of ether oxygens (including phenoxy) is 1. The summed E-state index contributed by atoms with van der Waals surface area (Å²) in [6.07, 6.45) is 5.91. The summed E-state index contributed by atoms with van der Waals surface area (Å²) in [6, 6.07) is 8.26. The number of aryl methyl sites for hydroxylation is 1. The molecular formula is C21H27N3O2S. The van der Waals surface area contributed by atoms with E-state index in [2.05, 4.69) is 41.4 Å². The lowest BCUT2D eigenvalue weighted by Gasteiger charge is -2.25. The molecule has 6 heteroatoms. The first-order valence-electron chi connectivity index (χ1n) is 9.93. The van der Waals surface area contributed by atoms with Crippen LogP contribution >= 0.6 is 11.3 Å². The predicted octanol–water partition coefficient (Wildman–Crippen LogP) is 4.02. The van der Waals surface area contributed by atoms with Crippen molar-refractivity contribution in [2.75, 3.05) is 31.1 Å². The molecule has 2 aliphatic heterocycles. The highest BCUT2D eigenvalue weighted by molar-refractivity contribution is 7.18. The molecule has 2 aliphatic rings. The van der Waals surface area contributed by atoms with Crippen LogP contribution in [-0.4, -0.2) is 43.2 Å². The Labute approximate surface area is 164 Å². The van der Waals surface area contributed by atoms with Crippen LogP contribution in [0.25, 0.3) is 11.3 Å². The largest absolute Gasteiger partial charge is 0.376 e. The van der Waals surface area contributed by atoms with Crippen LogP contribution in [-0.2, 0) is 4.74 Å². The third kappa shape index (κ3) is 4.33. The third-order valence-electron chi connectivity index (χ3n) is 5.29. The van der Waals surface area contributed by atoms with Crippen LogP contribution in [0.4, 0.5) is 5.13 Å². The number of carbonyl (C=O) groups excluding carboxylic acids is 1. The zero-order valence-corrected chi connectivity index (χ0v) is 16.7. The van der Waals surface area contributed by atoms with Crippen molar-refractivity contribution >= 4 is 22.4 Å². The van der Waals surface area contributed by atoms with Gasteiger partial charge in [-0.1, -0.05) is 41.2 Å². The number of anilines is 1. The number of hydrogen-bond acceptors (Lipinski definition) is 5. The van der Waals surface area contributed by atoms with E-state index in [0.29, 0.717) is 11.4 Å². The SMILES string of the molecule is Cc1ccc(-c2nc(N3CCCCC3)sc2C(=O)NC[C@@H]2CCCO2)cc1. The minimum atomic E-state index is -0.0400. The summed E-state index contributed by atoms with van der Waals surface area (Å²) in [7, 11) is 0. The van der Waals surface area contributed by atoms with Crippen LogP contribution in [0.3, 0.4) is 0 Å². The zero-order valence-electron chi connectivity index (χ0n) is 15.9. The molecule has 1 aromatic heterocycles. The third-order valence-corrected chi connectivity index (χ3v) is 6.40. The summed E-state index contributed by atoms with van der Waals surface area (Å²) in [6.45, 7) is 5.49. The van der Waals surface area contributed by atoms with Gasteiger partial charge in [-0.25, -0.2) is 4.98 Å². The number of hydrogen-bond donors (Lipinski definition) is 1. The van der Waals surface area contributed by atoms with E-state index in [1.54, 1.807) is 0 Å². The van der Waals surface area contributed by atoms with Crippen LogP contribution < -0.4 is 10.2 Å². The molecule has 0 saturated carbocycles. The van der Waals surface area contributed by atoms with Gasteiger partial charge in [-0.2, -0.15) is 0 Å². The van der Waals surface area contributed by atoms with Crippen LogP contribution in [0.15, 0.2) is 24.3 Å². The van der Waals surface area contributed by atoms with Crippen molar-refractivity contribution in [2.24, 2.45) is 0 Å². The summed E-state index contributed by atoms with van der Waals surface area (Å²) < 4.78 is 5.63. The van der Waals surface area contributed by atoms with Gasteiger partial charge in [0, 0.05) is 31.8 Å². The molecule has 0 aliphatic carbocycles. The van der Waals surface area contributed by atoms with E-state index >= 15 is 0 Å². The standard InChI is InChI=1S/C21H27N3O2S/c1-15-7-9-16(10-8-15)18-19(20(25)22-14-17-6-5-13-26-17)27-21(23-18)24-11-3-2-4-12-24/h7-10,17H,2-6,11-14H2,1H3,(H,22,25)/t17-/m0/s1. The van der Waals surface area contributed by atoms with Crippen molar-refractivity contribution in [1.29, 1.82) is 0 Å². The first-order valence-corrected chi connectivity index (χ1v) is 10.7. The van der Waals surface area contributed by atoms with Gasteiger partial charge >= 0.3 is 0 Å². The molecule has 0 radical (unpaired) electrons. The minimum absolute atomic E-state index is 0.0400. The highest BCUT2D eigenvalue weighted by atomic mass is 32.1. The van der Waals surface area contributed by atoms with Crippen molar-refractivity contribution in [1.82, 2.24) is 10.3 Å². The molecule has 0 unspecified atom stereocenters. The van der Waals surface area contributed by atoms with Gasteiger partial charge in [0.2, 0.25) is 0 Å². The molecule has 1 atom stereocenters. The number of nitrogens with zero attached hydrogens (tertiary/aromatic N) is 2.